The largest absolute Gasteiger partial charge is 0.338 e. The minimum absolute atomic E-state index is 0.587. The molecule has 4 saturated carbocycles. The van der Waals surface area contributed by atoms with Crippen molar-refractivity contribution < 1.29 is 4.52 Å². The first-order valence-corrected chi connectivity index (χ1v) is 7.71. The monoisotopic (exact) mass is 261 g/mol. The SMILES string of the molecule is Cc1noc(CNCC23CC4CC(CC(C4)C2)C3)n1. The minimum atomic E-state index is 0.587. The number of aromatic nitrogens is 2. The van der Waals surface area contributed by atoms with E-state index in [1.807, 2.05) is 6.92 Å². The Hall–Kier alpha value is -0.900. The molecule has 4 nitrogen and oxygen atoms in total. The van der Waals surface area contributed by atoms with Gasteiger partial charge in [0.05, 0.1) is 6.54 Å². The standard InChI is InChI=1S/C15H23N3O/c1-10-17-14(19-18-10)8-16-9-15-5-11-2-12(6-15)4-13(3-11)7-15/h11-13,16H,2-9H2,1H3. The molecule has 0 unspecified atom stereocenters. The number of aryl methyl sites for hydroxylation is 1. The number of hydrogen-bond donors (Lipinski definition) is 1. The van der Waals surface area contributed by atoms with E-state index < -0.39 is 0 Å². The Morgan fingerprint density at radius 3 is 2.32 bits per heavy atom. The highest BCUT2D eigenvalue weighted by Gasteiger charge is 2.50. The average molecular weight is 261 g/mol. The van der Waals surface area contributed by atoms with Gasteiger partial charge in [0.15, 0.2) is 5.82 Å². The summed E-state index contributed by atoms with van der Waals surface area (Å²) < 4.78 is 5.16. The smallest absolute Gasteiger partial charge is 0.240 e. The van der Waals surface area contributed by atoms with Crippen molar-refractivity contribution in [3.63, 3.8) is 0 Å². The van der Waals surface area contributed by atoms with Crippen molar-refractivity contribution in [2.45, 2.75) is 52.0 Å². The van der Waals surface area contributed by atoms with Crippen molar-refractivity contribution in [1.82, 2.24) is 15.5 Å². The first kappa shape index (κ1) is 11.9. The van der Waals surface area contributed by atoms with Crippen LogP contribution >= 0.6 is 0 Å². The lowest BCUT2D eigenvalue weighted by Gasteiger charge is -2.57. The van der Waals surface area contributed by atoms with Crippen LogP contribution in [0, 0.1) is 30.1 Å². The first-order chi connectivity index (χ1) is 9.21. The van der Waals surface area contributed by atoms with Crippen LogP contribution in [0.2, 0.25) is 0 Å². The van der Waals surface area contributed by atoms with Gasteiger partial charge in [-0.15, -0.1) is 0 Å². The Bertz CT molecular complexity index is 432. The second kappa shape index (κ2) is 4.30. The Balaban J connectivity index is 1.37. The zero-order valence-corrected chi connectivity index (χ0v) is 11.7. The fraction of sp³-hybridized carbons (Fsp3) is 0.867. The quantitative estimate of drug-likeness (QED) is 0.905. The molecule has 0 aromatic carbocycles. The van der Waals surface area contributed by atoms with Crippen molar-refractivity contribution in [2.24, 2.45) is 23.2 Å². The molecule has 0 atom stereocenters. The van der Waals surface area contributed by atoms with Crippen LogP contribution in [0.4, 0.5) is 0 Å². The van der Waals surface area contributed by atoms with Crippen LogP contribution in [0.3, 0.4) is 0 Å². The summed E-state index contributed by atoms with van der Waals surface area (Å²) in [4.78, 5) is 4.25. The van der Waals surface area contributed by atoms with Crippen LogP contribution in [0.5, 0.6) is 0 Å². The zero-order valence-electron chi connectivity index (χ0n) is 11.7. The van der Waals surface area contributed by atoms with E-state index in [2.05, 4.69) is 15.5 Å². The van der Waals surface area contributed by atoms with E-state index in [4.69, 9.17) is 4.52 Å². The molecule has 4 aliphatic carbocycles. The summed E-state index contributed by atoms with van der Waals surface area (Å²) in [6.07, 6.45) is 8.91. The van der Waals surface area contributed by atoms with E-state index in [1.165, 1.54) is 38.5 Å². The van der Waals surface area contributed by atoms with Crippen LogP contribution in [0.15, 0.2) is 4.52 Å². The van der Waals surface area contributed by atoms with Crippen molar-refractivity contribution in [2.75, 3.05) is 6.54 Å². The minimum Gasteiger partial charge on any atom is -0.338 e. The van der Waals surface area contributed by atoms with Crippen molar-refractivity contribution >= 4 is 0 Å². The number of hydrogen-bond acceptors (Lipinski definition) is 4. The molecule has 4 fully saturated rings. The molecule has 1 aromatic heterocycles. The van der Waals surface area contributed by atoms with E-state index in [-0.39, 0.29) is 0 Å². The van der Waals surface area contributed by atoms with Crippen molar-refractivity contribution in [3.8, 4) is 0 Å². The molecule has 0 spiro atoms. The highest BCUT2D eigenvalue weighted by atomic mass is 16.5. The van der Waals surface area contributed by atoms with Crippen molar-refractivity contribution in [3.05, 3.63) is 11.7 Å². The normalized spacial score (nSPS) is 39.9. The lowest BCUT2D eigenvalue weighted by molar-refractivity contribution is -0.0516. The van der Waals surface area contributed by atoms with Gasteiger partial charge in [0, 0.05) is 6.54 Å². The van der Waals surface area contributed by atoms with Gasteiger partial charge in [0.2, 0.25) is 5.89 Å². The first-order valence-electron chi connectivity index (χ1n) is 7.71. The maximum Gasteiger partial charge on any atom is 0.240 e. The third-order valence-electron chi connectivity index (χ3n) is 5.51. The molecule has 0 aliphatic heterocycles. The summed E-state index contributed by atoms with van der Waals surface area (Å²) in [6, 6.07) is 0. The summed E-state index contributed by atoms with van der Waals surface area (Å²) in [5, 5.41) is 7.41. The second-order valence-corrected chi connectivity index (χ2v) is 7.26. The topological polar surface area (TPSA) is 51.0 Å². The van der Waals surface area contributed by atoms with Crippen LogP contribution in [0.25, 0.3) is 0 Å². The third kappa shape index (κ3) is 2.20. The van der Waals surface area contributed by atoms with Gasteiger partial charge in [-0.3, -0.25) is 0 Å². The highest BCUT2D eigenvalue weighted by Crippen LogP contribution is 2.59. The van der Waals surface area contributed by atoms with E-state index in [9.17, 15) is 0 Å². The Morgan fingerprint density at radius 1 is 1.16 bits per heavy atom. The van der Waals surface area contributed by atoms with Gasteiger partial charge in [0.1, 0.15) is 0 Å². The fourth-order valence-electron chi connectivity index (χ4n) is 5.35. The van der Waals surface area contributed by atoms with Gasteiger partial charge in [-0.25, -0.2) is 0 Å². The summed E-state index contributed by atoms with van der Waals surface area (Å²) in [5.74, 6) is 4.53. The predicted octanol–water partition coefficient (Wildman–Crippen LogP) is 2.68. The van der Waals surface area contributed by atoms with Crippen LogP contribution in [0.1, 0.15) is 50.2 Å². The number of nitrogens with one attached hydrogen (secondary N) is 1. The van der Waals surface area contributed by atoms with E-state index in [0.29, 0.717) is 5.41 Å². The predicted molar refractivity (Wildman–Crippen MR) is 71.3 cm³/mol. The van der Waals surface area contributed by atoms with Gasteiger partial charge in [-0.2, -0.15) is 4.98 Å². The molecule has 1 N–H and O–H groups in total. The molecule has 5 rings (SSSR count). The number of rotatable bonds is 4. The molecule has 1 aromatic rings. The van der Waals surface area contributed by atoms with Gasteiger partial charge in [-0.05, 0) is 68.6 Å². The Labute approximate surface area is 114 Å². The van der Waals surface area contributed by atoms with Crippen molar-refractivity contribution in [1.29, 1.82) is 0 Å². The molecule has 4 bridgehead atoms. The van der Waals surface area contributed by atoms with Gasteiger partial charge in [-0.1, -0.05) is 5.16 Å². The summed E-state index contributed by atoms with van der Waals surface area (Å²) in [7, 11) is 0. The lowest BCUT2D eigenvalue weighted by Crippen LogP contribution is -2.50. The fourth-order valence-corrected chi connectivity index (χ4v) is 5.35. The molecule has 4 heteroatoms. The molecule has 1 heterocycles. The molecular formula is C15H23N3O. The van der Waals surface area contributed by atoms with E-state index in [0.717, 1.165) is 42.6 Å². The average Bonchev–Trinajstić information content (AvgIpc) is 2.73. The van der Waals surface area contributed by atoms with Crippen LogP contribution in [-0.2, 0) is 6.54 Å². The Kier molecular flexibility index (Phi) is 2.69. The Morgan fingerprint density at radius 2 is 1.79 bits per heavy atom. The molecule has 0 saturated heterocycles. The number of nitrogens with zero attached hydrogens (tertiary/aromatic N) is 2. The lowest BCUT2D eigenvalue weighted by atomic mass is 9.49. The van der Waals surface area contributed by atoms with Gasteiger partial charge >= 0.3 is 0 Å². The van der Waals surface area contributed by atoms with Crippen LogP contribution < -0.4 is 5.32 Å². The summed E-state index contributed by atoms with van der Waals surface area (Å²) >= 11 is 0. The molecule has 19 heavy (non-hydrogen) atoms. The molecular weight excluding hydrogens is 238 g/mol. The maximum absolute atomic E-state index is 5.16. The zero-order chi connectivity index (χ0) is 12.9. The molecule has 4 aliphatic rings. The van der Waals surface area contributed by atoms with Gasteiger partial charge in [0.25, 0.3) is 0 Å². The van der Waals surface area contributed by atoms with Gasteiger partial charge < -0.3 is 9.84 Å². The summed E-state index contributed by atoms with van der Waals surface area (Å²) in [5.41, 5.74) is 0.587. The molecule has 0 amide bonds. The summed E-state index contributed by atoms with van der Waals surface area (Å²) in [6.45, 7) is 3.73. The van der Waals surface area contributed by atoms with Crippen LogP contribution in [-0.4, -0.2) is 16.7 Å². The third-order valence-corrected chi connectivity index (χ3v) is 5.51. The maximum atomic E-state index is 5.16. The van der Waals surface area contributed by atoms with E-state index in [1.54, 1.807) is 0 Å². The van der Waals surface area contributed by atoms with E-state index >= 15 is 0 Å². The molecule has 104 valence electrons. The second-order valence-electron chi connectivity index (χ2n) is 7.26. The highest BCUT2D eigenvalue weighted by molar-refractivity contribution is 5.02. The molecule has 0 radical (unpaired) electrons.